The number of ether oxygens (including phenoxy) is 1. The molecule has 2 amide bonds. The molecule has 0 aliphatic carbocycles. The van der Waals surface area contributed by atoms with Gasteiger partial charge in [0.1, 0.15) is 0 Å². The van der Waals surface area contributed by atoms with Gasteiger partial charge in [-0.05, 0) is 18.1 Å². The number of carbonyl (C=O) groups is 2. The van der Waals surface area contributed by atoms with Gasteiger partial charge in [0.05, 0.1) is 12.3 Å². The van der Waals surface area contributed by atoms with Crippen molar-refractivity contribution in [3.63, 3.8) is 0 Å². The lowest BCUT2D eigenvalue weighted by molar-refractivity contribution is 0.136. The summed E-state index contributed by atoms with van der Waals surface area (Å²) in [7, 11) is 0. The smallest absolute Gasteiger partial charge is 0.411 e. The molecule has 1 unspecified atom stereocenters. The molecular formula is C19H20N2O4. The third-order valence-electron chi connectivity index (χ3n) is 4.26. The molecule has 6 heteroatoms. The fourth-order valence-corrected chi connectivity index (χ4v) is 2.94. The molecule has 0 radical (unpaired) electrons. The predicted octanol–water partition coefficient (Wildman–Crippen LogP) is 3.90. The van der Waals surface area contributed by atoms with E-state index in [0.717, 1.165) is 11.1 Å². The average molecular weight is 340 g/mol. The summed E-state index contributed by atoms with van der Waals surface area (Å²) in [5.74, 6) is 0.0474. The first-order valence-corrected chi connectivity index (χ1v) is 8.19. The van der Waals surface area contributed by atoms with Gasteiger partial charge in [-0.15, -0.1) is 0 Å². The predicted molar refractivity (Wildman–Crippen MR) is 94.6 cm³/mol. The molecule has 1 heterocycles. The van der Waals surface area contributed by atoms with Gasteiger partial charge >= 0.3 is 12.2 Å². The number of likely N-dealkylation sites (tertiary alicyclic amines) is 1. The van der Waals surface area contributed by atoms with Crippen molar-refractivity contribution in [1.29, 1.82) is 0 Å². The maximum Gasteiger partial charge on any atom is 0.411 e. The molecule has 1 aliphatic heterocycles. The number of rotatable bonds is 4. The molecule has 0 spiro atoms. The molecule has 25 heavy (non-hydrogen) atoms. The van der Waals surface area contributed by atoms with Crippen LogP contribution in [-0.2, 0) is 4.74 Å². The number of nitrogens with zero attached hydrogens (tertiary/aromatic N) is 1. The van der Waals surface area contributed by atoms with Crippen molar-refractivity contribution in [2.24, 2.45) is 5.92 Å². The maximum absolute atomic E-state index is 12.1. The largest absolute Gasteiger partial charge is 0.465 e. The zero-order valence-corrected chi connectivity index (χ0v) is 13.7. The van der Waals surface area contributed by atoms with Crippen molar-refractivity contribution >= 4 is 17.9 Å². The van der Waals surface area contributed by atoms with Crippen LogP contribution >= 0.6 is 0 Å². The normalized spacial score (nSPS) is 16.5. The molecule has 2 N–H and O–H groups in total. The number of hydrogen-bond acceptors (Lipinski definition) is 3. The van der Waals surface area contributed by atoms with E-state index in [2.05, 4.69) is 5.32 Å². The molecule has 1 aliphatic rings. The van der Waals surface area contributed by atoms with Crippen LogP contribution in [0.2, 0.25) is 0 Å². The standard InChI is InChI=1S/C19H20N2O4/c22-18(25-13-14-10-11-21(12-14)19(23)24)20-17-9-5-4-8-16(17)15-6-2-1-3-7-15/h1-9,14H,10-13H2,(H,20,22)(H,23,24). The first-order chi connectivity index (χ1) is 12.1. The van der Waals surface area contributed by atoms with Gasteiger partial charge in [-0.1, -0.05) is 48.5 Å². The summed E-state index contributed by atoms with van der Waals surface area (Å²) in [4.78, 5) is 24.4. The second-order valence-electron chi connectivity index (χ2n) is 6.02. The Balaban J connectivity index is 1.58. The Hall–Kier alpha value is -3.02. The van der Waals surface area contributed by atoms with Gasteiger partial charge in [-0.3, -0.25) is 5.32 Å². The van der Waals surface area contributed by atoms with Crippen LogP contribution in [0.3, 0.4) is 0 Å². The highest BCUT2D eigenvalue weighted by Gasteiger charge is 2.26. The zero-order chi connectivity index (χ0) is 17.6. The van der Waals surface area contributed by atoms with E-state index in [1.807, 2.05) is 54.6 Å². The molecule has 6 nitrogen and oxygen atoms in total. The summed E-state index contributed by atoms with van der Waals surface area (Å²) in [5.41, 5.74) is 2.60. The van der Waals surface area contributed by atoms with E-state index in [9.17, 15) is 9.59 Å². The van der Waals surface area contributed by atoms with Crippen LogP contribution < -0.4 is 5.32 Å². The highest BCUT2D eigenvalue weighted by molar-refractivity contribution is 5.91. The molecule has 1 fully saturated rings. The van der Waals surface area contributed by atoms with Gasteiger partial charge < -0.3 is 14.7 Å². The highest BCUT2D eigenvalue weighted by atomic mass is 16.5. The van der Waals surface area contributed by atoms with Crippen LogP contribution in [0.5, 0.6) is 0 Å². The molecule has 2 aromatic rings. The number of amides is 2. The average Bonchev–Trinajstić information content (AvgIpc) is 3.11. The summed E-state index contributed by atoms with van der Waals surface area (Å²) in [6, 6.07) is 17.3. The second kappa shape index (κ2) is 7.70. The Kier molecular flexibility index (Phi) is 5.18. The van der Waals surface area contributed by atoms with Gasteiger partial charge in [-0.25, -0.2) is 9.59 Å². The van der Waals surface area contributed by atoms with E-state index in [1.165, 1.54) is 4.90 Å². The monoisotopic (exact) mass is 340 g/mol. The third-order valence-corrected chi connectivity index (χ3v) is 4.26. The lowest BCUT2D eigenvalue weighted by atomic mass is 10.0. The number of para-hydroxylation sites is 1. The summed E-state index contributed by atoms with van der Waals surface area (Å²) >= 11 is 0. The van der Waals surface area contributed by atoms with Crippen molar-refractivity contribution in [2.75, 3.05) is 25.0 Å². The Morgan fingerprint density at radius 2 is 1.84 bits per heavy atom. The minimum Gasteiger partial charge on any atom is -0.465 e. The summed E-state index contributed by atoms with van der Waals surface area (Å²) in [6.07, 6.45) is -0.749. The summed E-state index contributed by atoms with van der Waals surface area (Å²) < 4.78 is 5.28. The van der Waals surface area contributed by atoms with E-state index >= 15 is 0 Å². The summed E-state index contributed by atoms with van der Waals surface area (Å²) in [6.45, 7) is 1.11. The van der Waals surface area contributed by atoms with Crippen molar-refractivity contribution < 1.29 is 19.4 Å². The fraction of sp³-hybridized carbons (Fsp3) is 0.263. The van der Waals surface area contributed by atoms with Crippen LogP contribution in [0.4, 0.5) is 15.3 Å². The van der Waals surface area contributed by atoms with Gasteiger partial charge in [-0.2, -0.15) is 0 Å². The first-order valence-electron chi connectivity index (χ1n) is 8.19. The third kappa shape index (κ3) is 4.29. The van der Waals surface area contributed by atoms with Crippen LogP contribution in [0, 0.1) is 5.92 Å². The van der Waals surface area contributed by atoms with Crippen LogP contribution in [0.1, 0.15) is 6.42 Å². The van der Waals surface area contributed by atoms with E-state index in [-0.39, 0.29) is 12.5 Å². The van der Waals surface area contributed by atoms with Gasteiger partial charge in [0.2, 0.25) is 0 Å². The lowest BCUT2D eigenvalue weighted by Gasteiger charge is -2.14. The number of hydrogen-bond donors (Lipinski definition) is 2. The molecule has 0 bridgehead atoms. The molecule has 130 valence electrons. The SMILES string of the molecule is O=C(Nc1ccccc1-c1ccccc1)OCC1CCN(C(=O)O)C1. The molecule has 0 saturated carbocycles. The maximum atomic E-state index is 12.1. The molecule has 2 aromatic carbocycles. The van der Waals surface area contributed by atoms with Crippen molar-refractivity contribution in [3.8, 4) is 11.1 Å². The van der Waals surface area contributed by atoms with Crippen LogP contribution in [0.25, 0.3) is 11.1 Å². The van der Waals surface area contributed by atoms with Crippen molar-refractivity contribution in [2.45, 2.75) is 6.42 Å². The number of carboxylic acid groups (broad SMARTS) is 1. The zero-order valence-electron chi connectivity index (χ0n) is 13.7. The number of nitrogens with one attached hydrogen (secondary N) is 1. The Labute approximate surface area is 146 Å². The van der Waals surface area contributed by atoms with Crippen LogP contribution in [0.15, 0.2) is 54.6 Å². The molecular weight excluding hydrogens is 320 g/mol. The number of carbonyl (C=O) groups excluding carboxylic acids is 1. The molecule has 1 saturated heterocycles. The van der Waals surface area contributed by atoms with E-state index < -0.39 is 12.2 Å². The Bertz CT molecular complexity index is 748. The van der Waals surface area contributed by atoms with E-state index in [0.29, 0.717) is 25.2 Å². The van der Waals surface area contributed by atoms with Crippen molar-refractivity contribution in [1.82, 2.24) is 4.90 Å². The first kappa shape index (κ1) is 16.8. The van der Waals surface area contributed by atoms with Gasteiger partial charge in [0.15, 0.2) is 0 Å². The van der Waals surface area contributed by atoms with Crippen LogP contribution in [-0.4, -0.2) is 41.9 Å². The highest BCUT2D eigenvalue weighted by Crippen LogP contribution is 2.27. The number of anilines is 1. The topological polar surface area (TPSA) is 78.9 Å². The fourth-order valence-electron chi connectivity index (χ4n) is 2.94. The molecule has 3 rings (SSSR count). The van der Waals surface area contributed by atoms with Crippen molar-refractivity contribution in [3.05, 3.63) is 54.6 Å². The second-order valence-corrected chi connectivity index (χ2v) is 6.02. The lowest BCUT2D eigenvalue weighted by Crippen LogP contribution is -2.28. The van der Waals surface area contributed by atoms with Gasteiger partial charge in [0.25, 0.3) is 0 Å². The quantitative estimate of drug-likeness (QED) is 0.885. The van der Waals surface area contributed by atoms with Gasteiger partial charge in [0, 0.05) is 24.6 Å². The number of benzene rings is 2. The molecule has 0 aromatic heterocycles. The van der Waals surface area contributed by atoms with E-state index in [1.54, 1.807) is 0 Å². The Morgan fingerprint density at radius 1 is 1.12 bits per heavy atom. The Morgan fingerprint density at radius 3 is 2.56 bits per heavy atom. The minimum absolute atomic E-state index is 0.0474. The summed E-state index contributed by atoms with van der Waals surface area (Å²) in [5, 5.41) is 11.7. The minimum atomic E-state index is -0.927. The molecule has 1 atom stereocenters. The van der Waals surface area contributed by atoms with E-state index in [4.69, 9.17) is 9.84 Å².